The molecule has 3 rings (SSSR count). The third kappa shape index (κ3) is 2.63. The van der Waals surface area contributed by atoms with E-state index in [1.165, 1.54) is 11.1 Å². The SMILES string of the molecule is NC(=O)N1CCNCC1CCc1cc2ccccc2[nH]1. The van der Waals surface area contributed by atoms with E-state index >= 15 is 0 Å². The molecule has 0 spiro atoms. The number of carbonyl (C=O) groups is 1. The zero-order chi connectivity index (χ0) is 13.9. The minimum Gasteiger partial charge on any atom is -0.358 e. The molecule has 2 amide bonds. The van der Waals surface area contributed by atoms with Crippen molar-refractivity contribution >= 4 is 16.9 Å². The van der Waals surface area contributed by atoms with E-state index in [4.69, 9.17) is 5.73 Å². The summed E-state index contributed by atoms with van der Waals surface area (Å²) in [6.45, 7) is 2.35. The number of para-hydroxylation sites is 1. The van der Waals surface area contributed by atoms with E-state index in [1.54, 1.807) is 4.90 Å². The molecule has 106 valence electrons. The van der Waals surface area contributed by atoms with Crippen molar-refractivity contribution in [2.45, 2.75) is 18.9 Å². The highest BCUT2D eigenvalue weighted by Crippen LogP contribution is 2.17. The minimum absolute atomic E-state index is 0.188. The number of hydrogen-bond donors (Lipinski definition) is 3. The van der Waals surface area contributed by atoms with Crippen molar-refractivity contribution in [3.8, 4) is 0 Å². The maximum Gasteiger partial charge on any atom is 0.315 e. The van der Waals surface area contributed by atoms with Crippen LogP contribution >= 0.6 is 0 Å². The average molecular weight is 272 g/mol. The molecule has 0 aliphatic carbocycles. The number of nitrogens with one attached hydrogen (secondary N) is 2. The molecule has 1 aromatic heterocycles. The third-order valence-electron chi connectivity index (χ3n) is 3.97. The van der Waals surface area contributed by atoms with Crippen LogP contribution in [0.2, 0.25) is 0 Å². The highest BCUT2D eigenvalue weighted by molar-refractivity contribution is 5.80. The van der Waals surface area contributed by atoms with Crippen molar-refractivity contribution < 1.29 is 4.79 Å². The smallest absolute Gasteiger partial charge is 0.315 e. The normalized spacial score (nSPS) is 19.4. The van der Waals surface area contributed by atoms with Crippen LogP contribution in [0.5, 0.6) is 0 Å². The first-order valence-corrected chi connectivity index (χ1v) is 7.07. The Morgan fingerprint density at radius 2 is 2.25 bits per heavy atom. The van der Waals surface area contributed by atoms with Crippen LogP contribution in [0.25, 0.3) is 10.9 Å². The molecule has 1 aliphatic rings. The molecule has 5 heteroatoms. The molecular weight excluding hydrogens is 252 g/mol. The Kier molecular flexibility index (Phi) is 3.60. The number of hydrogen-bond acceptors (Lipinski definition) is 2. The summed E-state index contributed by atoms with van der Waals surface area (Å²) in [4.78, 5) is 16.6. The van der Waals surface area contributed by atoms with Crippen LogP contribution in [-0.2, 0) is 6.42 Å². The fourth-order valence-electron chi connectivity index (χ4n) is 2.90. The second-order valence-corrected chi connectivity index (χ2v) is 5.31. The Balaban J connectivity index is 1.67. The second kappa shape index (κ2) is 5.54. The zero-order valence-electron chi connectivity index (χ0n) is 11.4. The highest BCUT2D eigenvalue weighted by atomic mass is 16.2. The number of nitrogens with zero attached hydrogens (tertiary/aromatic N) is 1. The third-order valence-corrected chi connectivity index (χ3v) is 3.97. The van der Waals surface area contributed by atoms with Crippen LogP contribution in [0, 0.1) is 0 Å². The summed E-state index contributed by atoms with van der Waals surface area (Å²) in [5.74, 6) is 0. The molecule has 4 N–H and O–H groups in total. The van der Waals surface area contributed by atoms with E-state index in [1.807, 2.05) is 12.1 Å². The van der Waals surface area contributed by atoms with Gasteiger partial charge in [0.1, 0.15) is 0 Å². The first-order chi connectivity index (χ1) is 9.74. The van der Waals surface area contributed by atoms with E-state index < -0.39 is 0 Å². The van der Waals surface area contributed by atoms with Gasteiger partial charge >= 0.3 is 6.03 Å². The number of nitrogens with two attached hydrogens (primary N) is 1. The van der Waals surface area contributed by atoms with Crippen molar-refractivity contribution in [1.82, 2.24) is 15.2 Å². The van der Waals surface area contributed by atoms with Crippen molar-refractivity contribution in [1.29, 1.82) is 0 Å². The lowest BCUT2D eigenvalue weighted by atomic mass is 10.1. The molecule has 1 fully saturated rings. The molecule has 1 saturated heterocycles. The van der Waals surface area contributed by atoms with E-state index in [0.717, 1.165) is 31.4 Å². The lowest BCUT2D eigenvalue weighted by molar-refractivity contribution is 0.162. The fourth-order valence-corrected chi connectivity index (χ4v) is 2.90. The number of urea groups is 1. The van der Waals surface area contributed by atoms with Crippen LogP contribution < -0.4 is 11.1 Å². The van der Waals surface area contributed by atoms with Gasteiger partial charge < -0.3 is 20.9 Å². The first kappa shape index (κ1) is 13.0. The van der Waals surface area contributed by atoms with Crippen LogP contribution in [0.15, 0.2) is 30.3 Å². The maximum absolute atomic E-state index is 11.4. The second-order valence-electron chi connectivity index (χ2n) is 5.31. The topological polar surface area (TPSA) is 74.2 Å². The molecule has 1 aliphatic heterocycles. The van der Waals surface area contributed by atoms with Gasteiger partial charge in [-0.1, -0.05) is 18.2 Å². The standard InChI is InChI=1S/C15H20N4O/c16-15(20)19-8-7-17-10-13(19)6-5-12-9-11-3-1-2-4-14(11)18-12/h1-4,9,13,17-18H,5-8,10H2,(H2,16,20). The van der Waals surface area contributed by atoms with Gasteiger partial charge in [0.15, 0.2) is 0 Å². The zero-order valence-corrected chi connectivity index (χ0v) is 11.4. The number of aryl methyl sites for hydroxylation is 1. The number of benzene rings is 1. The van der Waals surface area contributed by atoms with Gasteiger partial charge in [-0.05, 0) is 30.4 Å². The van der Waals surface area contributed by atoms with Crippen LogP contribution in [0.3, 0.4) is 0 Å². The quantitative estimate of drug-likeness (QED) is 0.791. The van der Waals surface area contributed by atoms with Gasteiger partial charge in [0, 0.05) is 36.9 Å². The number of amides is 2. The van der Waals surface area contributed by atoms with Gasteiger partial charge in [-0.3, -0.25) is 0 Å². The van der Waals surface area contributed by atoms with Crippen molar-refractivity contribution in [3.63, 3.8) is 0 Å². The van der Waals surface area contributed by atoms with E-state index in [-0.39, 0.29) is 12.1 Å². The molecule has 1 unspecified atom stereocenters. The van der Waals surface area contributed by atoms with Crippen LogP contribution in [0.4, 0.5) is 4.79 Å². The molecular formula is C15H20N4O. The summed E-state index contributed by atoms with van der Waals surface area (Å²) in [5, 5.41) is 4.56. The molecule has 0 saturated carbocycles. The monoisotopic (exact) mass is 272 g/mol. The summed E-state index contributed by atoms with van der Waals surface area (Å²) < 4.78 is 0. The van der Waals surface area contributed by atoms with Crippen molar-refractivity contribution in [2.75, 3.05) is 19.6 Å². The van der Waals surface area contributed by atoms with Crippen molar-refractivity contribution in [3.05, 3.63) is 36.0 Å². The first-order valence-electron chi connectivity index (χ1n) is 7.07. The van der Waals surface area contributed by atoms with E-state index in [9.17, 15) is 4.79 Å². The van der Waals surface area contributed by atoms with Gasteiger partial charge in [0.05, 0.1) is 0 Å². The van der Waals surface area contributed by atoms with Gasteiger partial charge in [-0.25, -0.2) is 4.79 Å². The van der Waals surface area contributed by atoms with Gasteiger partial charge in [-0.15, -0.1) is 0 Å². The molecule has 0 radical (unpaired) electrons. The number of carbonyl (C=O) groups excluding carboxylic acids is 1. The molecule has 2 aromatic rings. The summed E-state index contributed by atoms with van der Waals surface area (Å²) in [7, 11) is 0. The molecule has 2 heterocycles. The Hall–Kier alpha value is -2.01. The number of piperazine rings is 1. The number of H-pyrrole nitrogens is 1. The summed E-state index contributed by atoms with van der Waals surface area (Å²) in [6.07, 6.45) is 1.84. The Morgan fingerprint density at radius 1 is 1.40 bits per heavy atom. The number of fused-ring (bicyclic) bond motifs is 1. The average Bonchev–Trinajstić information content (AvgIpc) is 2.88. The highest BCUT2D eigenvalue weighted by Gasteiger charge is 2.24. The minimum atomic E-state index is -0.312. The Labute approximate surface area is 118 Å². The van der Waals surface area contributed by atoms with Crippen LogP contribution in [0.1, 0.15) is 12.1 Å². The number of primary amides is 1. The molecule has 20 heavy (non-hydrogen) atoms. The van der Waals surface area contributed by atoms with Gasteiger partial charge in [0.2, 0.25) is 0 Å². The fraction of sp³-hybridized carbons (Fsp3) is 0.400. The largest absolute Gasteiger partial charge is 0.358 e. The summed E-state index contributed by atoms with van der Waals surface area (Å²) >= 11 is 0. The summed E-state index contributed by atoms with van der Waals surface area (Å²) in [6, 6.07) is 10.3. The van der Waals surface area contributed by atoms with E-state index in [0.29, 0.717) is 6.54 Å². The predicted molar refractivity (Wildman–Crippen MR) is 79.6 cm³/mol. The molecule has 0 bridgehead atoms. The number of aromatic nitrogens is 1. The number of aromatic amines is 1. The Morgan fingerprint density at radius 3 is 3.05 bits per heavy atom. The lowest BCUT2D eigenvalue weighted by Gasteiger charge is -2.35. The van der Waals surface area contributed by atoms with Gasteiger partial charge in [-0.2, -0.15) is 0 Å². The molecule has 1 atom stereocenters. The summed E-state index contributed by atoms with van der Waals surface area (Å²) in [5.41, 5.74) is 7.81. The van der Waals surface area contributed by atoms with Crippen molar-refractivity contribution in [2.24, 2.45) is 5.73 Å². The maximum atomic E-state index is 11.4. The Bertz CT molecular complexity index is 574. The predicted octanol–water partition coefficient (Wildman–Crippen LogP) is 1.45. The van der Waals surface area contributed by atoms with Crippen LogP contribution in [-0.4, -0.2) is 41.6 Å². The molecule has 5 nitrogen and oxygen atoms in total. The van der Waals surface area contributed by atoms with Gasteiger partial charge in [0.25, 0.3) is 0 Å². The van der Waals surface area contributed by atoms with E-state index in [2.05, 4.69) is 28.5 Å². The molecule has 1 aromatic carbocycles. The number of rotatable bonds is 3. The lowest BCUT2D eigenvalue weighted by Crippen LogP contribution is -2.55.